The monoisotopic (exact) mass is 297 g/mol. The van der Waals surface area contributed by atoms with Crippen molar-refractivity contribution >= 4 is 11.9 Å². The Balaban J connectivity index is 1.66. The molecule has 3 rings (SSSR count). The van der Waals surface area contributed by atoms with E-state index >= 15 is 0 Å². The van der Waals surface area contributed by atoms with Gasteiger partial charge in [-0.25, -0.2) is 4.79 Å². The second-order valence-electron chi connectivity index (χ2n) is 5.18. The van der Waals surface area contributed by atoms with E-state index in [1.807, 2.05) is 24.3 Å². The average Bonchev–Trinajstić information content (AvgIpc) is 2.55. The maximum absolute atomic E-state index is 12.2. The van der Waals surface area contributed by atoms with Crippen LogP contribution in [0.2, 0.25) is 0 Å². The van der Waals surface area contributed by atoms with Crippen molar-refractivity contribution in [2.75, 3.05) is 6.61 Å². The lowest BCUT2D eigenvalue weighted by Gasteiger charge is -2.26. The highest BCUT2D eigenvalue weighted by atomic mass is 16.5. The van der Waals surface area contributed by atoms with Gasteiger partial charge in [-0.2, -0.15) is 0 Å². The van der Waals surface area contributed by atoms with Gasteiger partial charge in [-0.15, -0.1) is 0 Å². The summed E-state index contributed by atoms with van der Waals surface area (Å²) in [5.41, 5.74) is 1.66. The Morgan fingerprint density at radius 1 is 1.05 bits per heavy atom. The number of hydrogen-bond donors (Lipinski definition) is 2. The minimum absolute atomic E-state index is 0.0958. The summed E-state index contributed by atoms with van der Waals surface area (Å²) in [6, 6.07) is 13.5. The molecule has 1 aliphatic rings. The van der Waals surface area contributed by atoms with Gasteiger partial charge >= 0.3 is 5.97 Å². The van der Waals surface area contributed by atoms with E-state index in [1.165, 1.54) is 24.3 Å². The summed E-state index contributed by atoms with van der Waals surface area (Å²) in [5.74, 6) is -0.382. The normalized spacial score (nSPS) is 16.3. The largest absolute Gasteiger partial charge is 0.491 e. The number of carboxylic acids is 1. The summed E-state index contributed by atoms with van der Waals surface area (Å²) < 4.78 is 5.63. The van der Waals surface area contributed by atoms with Gasteiger partial charge in [0, 0.05) is 5.56 Å². The van der Waals surface area contributed by atoms with Crippen molar-refractivity contribution in [2.45, 2.75) is 12.5 Å². The number of amides is 1. The van der Waals surface area contributed by atoms with Crippen molar-refractivity contribution in [3.8, 4) is 5.75 Å². The molecule has 2 aromatic rings. The third-order valence-corrected chi connectivity index (χ3v) is 3.61. The molecule has 2 N–H and O–H groups in total. The molecule has 0 fully saturated rings. The number of carbonyl (C=O) groups excluding carboxylic acids is 1. The fourth-order valence-electron chi connectivity index (χ4n) is 2.45. The molecule has 5 nitrogen and oxygen atoms in total. The van der Waals surface area contributed by atoms with Crippen molar-refractivity contribution in [1.29, 1.82) is 0 Å². The van der Waals surface area contributed by atoms with Crippen LogP contribution in [0.4, 0.5) is 0 Å². The summed E-state index contributed by atoms with van der Waals surface area (Å²) in [6.45, 7) is 0.427. The van der Waals surface area contributed by atoms with Crippen molar-refractivity contribution in [3.05, 3.63) is 65.2 Å². The van der Waals surface area contributed by atoms with Crippen LogP contribution < -0.4 is 10.1 Å². The van der Waals surface area contributed by atoms with Gasteiger partial charge in [0.15, 0.2) is 0 Å². The van der Waals surface area contributed by atoms with Gasteiger partial charge in [0.1, 0.15) is 12.4 Å². The quantitative estimate of drug-likeness (QED) is 0.910. The predicted octanol–water partition coefficient (Wildman–Crippen LogP) is 2.12. The van der Waals surface area contributed by atoms with Crippen LogP contribution in [0.5, 0.6) is 5.75 Å². The molecule has 2 aromatic carbocycles. The van der Waals surface area contributed by atoms with Crippen LogP contribution in [0.15, 0.2) is 48.5 Å². The number of para-hydroxylation sites is 1. The highest BCUT2D eigenvalue weighted by Crippen LogP contribution is 2.24. The van der Waals surface area contributed by atoms with E-state index in [2.05, 4.69) is 5.32 Å². The molecule has 5 heteroatoms. The number of nitrogens with one attached hydrogen (secondary N) is 1. The van der Waals surface area contributed by atoms with Gasteiger partial charge in [-0.1, -0.05) is 18.2 Å². The van der Waals surface area contributed by atoms with Crippen LogP contribution in [0, 0.1) is 0 Å². The van der Waals surface area contributed by atoms with Crippen molar-refractivity contribution < 1.29 is 19.4 Å². The molecule has 1 unspecified atom stereocenters. The SMILES string of the molecule is O=C(O)c1ccc(C(=O)NC2COc3ccccc3C2)cc1. The topological polar surface area (TPSA) is 75.6 Å². The molecule has 0 radical (unpaired) electrons. The molecule has 1 amide bonds. The molecule has 0 saturated heterocycles. The van der Waals surface area contributed by atoms with E-state index in [9.17, 15) is 9.59 Å². The third-order valence-electron chi connectivity index (χ3n) is 3.61. The van der Waals surface area contributed by atoms with Crippen LogP contribution in [-0.2, 0) is 6.42 Å². The summed E-state index contributed by atoms with van der Waals surface area (Å²) in [5, 5.41) is 11.8. The van der Waals surface area contributed by atoms with E-state index in [-0.39, 0.29) is 17.5 Å². The molecule has 0 saturated carbocycles. The van der Waals surface area contributed by atoms with E-state index in [0.29, 0.717) is 12.2 Å². The van der Waals surface area contributed by atoms with Crippen LogP contribution in [0.25, 0.3) is 0 Å². The maximum atomic E-state index is 12.2. The number of ether oxygens (including phenoxy) is 1. The molecule has 0 spiro atoms. The van der Waals surface area contributed by atoms with E-state index in [1.54, 1.807) is 0 Å². The van der Waals surface area contributed by atoms with Crippen LogP contribution in [-0.4, -0.2) is 29.6 Å². The van der Waals surface area contributed by atoms with E-state index in [0.717, 1.165) is 17.7 Å². The Morgan fingerprint density at radius 2 is 1.73 bits per heavy atom. The van der Waals surface area contributed by atoms with Gasteiger partial charge in [-0.05, 0) is 42.3 Å². The first-order chi connectivity index (χ1) is 10.6. The smallest absolute Gasteiger partial charge is 0.335 e. The Hall–Kier alpha value is -2.82. The molecule has 0 aromatic heterocycles. The first kappa shape index (κ1) is 14.1. The summed E-state index contributed by atoms with van der Waals surface area (Å²) in [4.78, 5) is 23.0. The van der Waals surface area contributed by atoms with Gasteiger partial charge in [-0.3, -0.25) is 4.79 Å². The zero-order valence-corrected chi connectivity index (χ0v) is 11.8. The first-order valence-electron chi connectivity index (χ1n) is 6.98. The fraction of sp³-hybridized carbons (Fsp3) is 0.176. The van der Waals surface area contributed by atoms with Crippen LogP contribution in [0.3, 0.4) is 0 Å². The van der Waals surface area contributed by atoms with Crippen LogP contribution >= 0.6 is 0 Å². The van der Waals surface area contributed by atoms with Crippen molar-refractivity contribution in [3.63, 3.8) is 0 Å². The Kier molecular flexibility index (Phi) is 3.78. The van der Waals surface area contributed by atoms with Gasteiger partial charge in [0.05, 0.1) is 11.6 Å². The lowest BCUT2D eigenvalue weighted by Crippen LogP contribution is -2.42. The third kappa shape index (κ3) is 2.93. The predicted molar refractivity (Wildman–Crippen MR) is 80.3 cm³/mol. The molecular weight excluding hydrogens is 282 g/mol. The summed E-state index contributed by atoms with van der Waals surface area (Å²) >= 11 is 0. The van der Waals surface area contributed by atoms with Gasteiger partial charge in [0.25, 0.3) is 5.91 Å². The molecule has 1 heterocycles. The molecule has 1 aliphatic heterocycles. The summed E-state index contributed by atoms with van der Waals surface area (Å²) in [6.07, 6.45) is 0.717. The average molecular weight is 297 g/mol. The van der Waals surface area contributed by atoms with Gasteiger partial charge in [0.2, 0.25) is 0 Å². The number of hydrogen-bond acceptors (Lipinski definition) is 3. The molecule has 0 bridgehead atoms. The standard InChI is InChI=1S/C17H15NO4/c19-16(11-5-7-12(8-6-11)17(20)21)18-14-9-13-3-1-2-4-15(13)22-10-14/h1-8,14H,9-10H2,(H,18,19)(H,20,21). The second kappa shape index (κ2) is 5.89. The Labute approximate surface area is 127 Å². The lowest BCUT2D eigenvalue weighted by molar-refractivity contribution is 0.0696. The molecule has 22 heavy (non-hydrogen) atoms. The Bertz CT molecular complexity index is 709. The lowest BCUT2D eigenvalue weighted by atomic mass is 10.0. The highest BCUT2D eigenvalue weighted by molar-refractivity contribution is 5.96. The molecule has 1 atom stereocenters. The number of carboxylic acid groups (broad SMARTS) is 1. The number of rotatable bonds is 3. The number of aromatic carboxylic acids is 1. The summed E-state index contributed by atoms with van der Waals surface area (Å²) in [7, 11) is 0. The van der Waals surface area contributed by atoms with Gasteiger partial charge < -0.3 is 15.2 Å². The van der Waals surface area contributed by atoms with E-state index in [4.69, 9.17) is 9.84 Å². The van der Waals surface area contributed by atoms with Crippen molar-refractivity contribution in [1.82, 2.24) is 5.32 Å². The minimum Gasteiger partial charge on any atom is -0.491 e. The van der Waals surface area contributed by atoms with Crippen LogP contribution in [0.1, 0.15) is 26.3 Å². The number of carbonyl (C=O) groups is 2. The Morgan fingerprint density at radius 3 is 2.45 bits per heavy atom. The molecule has 112 valence electrons. The minimum atomic E-state index is -1.01. The number of benzene rings is 2. The highest BCUT2D eigenvalue weighted by Gasteiger charge is 2.21. The maximum Gasteiger partial charge on any atom is 0.335 e. The van der Waals surface area contributed by atoms with E-state index < -0.39 is 5.97 Å². The zero-order chi connectivity index (χ0) is 15.5. The molecular formula is C17H15NO4. The zero-order valence-electron chi connectivity index (χ0n) is 11.8. The number of fused-ring (bicyclic) bond motifs is 1. The fourth-order valence-corrected chi connectivity index (χ4v) is 2.45. The first-order valence-corrected chi connectivity index (χ1v) is 6.98. The van der Waals surface area contributed by atoms with Crippen molar-refractivity contribution in [2.24, 2.45) is 0 Å². The molecule has 0 aliphatic carbocycles. The second-order valence-corrected chi connectivity index (χ2v) is 5.18.